The van der Waals surface area contributed by atoms with E-state index in [1.165, 1.54) is 16.5 Å². The summed E-state index contributed by atoms with van der Waals surface area (Å²) in [6.07, 6.45) is 11.7. The zero-order chi connectivity index (χ0) is 28.8. The minimum atomic E-state index is 0.144. The van der Waals surface area contributed by atoms with Gasteiger partial charge in [-0.3, -0.25) is 19.9 Å². The number of rotatable bonds is 8. The number of aromatic nitrogens is 4. The van der Waals surface area contributed by atoms with E-state index in [4.69, 9.17) is 9.97 Å². The minimum Gasteiger partial charge on any atom is -0.391 e. The summed E-state index contributed by atoms with van der Waals surface area (Å²) >= 11 is 0. The van der Waals surface area contributed by atoms with Crippen LogP contribution in [0.5, 0.6) is 0 Å². The Kier molecular flexibility index (Phi) is 8.95. The van der Waals surface area contributed by atoms with Gasteiger partial charge in [-0.2, -0.15) is 0 Å². The van der Waals surface area contributed by atoms with E-state index in [2.05, 4.69) is 87.4 Å². The van der Waals surface area contributed by atoms with Gasteiger partial charge in [0.1, 0.15) is 0 Å². The van der Waals surface area contributed by atoms with E-state index < -0.39 is 0 Å². The Morgan fingerprint density at radius 3 is 2.59 bits per heavy atom. The van der Waals surface area contributed by atoms with Crippen molar-refractivity contribution in [1.29, 1.82) is 0 Å². The zero-order valence-corrected chi connectivity index (χ0v) is 24.6. The van der Waals surface area contributed by atoms with Crippen molar-refractivity contribution < 1.29 is 0 Å². The third-order valence-corrected chi connectivity index (χ3v) is 8.01. The number of likely N-dealkylation sites (N-methyl/N-ethyl adjacent to an activating group) is 1. The van der Waals surface area contributed by atoms with Gasteiger partial charge in [0.05, 0.1) is 17.1 Å². The lowest BCUT2D eigenvalue weighted by Crippen LogP contribution is -2.39. The first-order chi connectivity index (χ1) is 20.1. The zero-order valence-electron chi connectivity index (χ0n) is 24.6. The summed E-state index contributed by atoms with van der Waals surface area (Å²) in [5.74, 6) is 0.481. The first-order valence-corrected chi connectivity index (χ1v) is 14.6. The predicted molar refractivity (Wildman–Crippen MR) is 171 cm³/mol. The molecule has 2 aromatic carbocycles. The molecule has 7 heteroatoms. The lowest BCUT2D eigenvalue weighted by Gasteiger charge is -2.37. The molecule has 0 radical (unpaired) electrons. The Bertz CT molecular complexity index is 1600. The molecule has 0 bridgehead atoms. The molecule has 212 valence electrons. The van der Waals surface area contributed by atoms with Gasteiger partial charge in [0, 0.05) is 74.1 Å². The third kappa shape index (κ3) is 6.25. The van der Waals surface area contributed by atoms with Crippen LogP contribution < -0.4 is 10.6 Å². The molecule has 7 nitrogen and oxygen atoms in total. The van der Waals surface area contributed by atoms with Gasteiger partial charge < -0.3 is 15.2 Å². The fourth-order valence-electron chi connectivity index (χ4n) is 5.81. The SMILES string of the molecule is C=C(CN1CCC(C(Nc2cc(-c3ccc4ccn(C)c4c3)c3nccnc3c2)c2cccnc2)CC1)NC.CC. The Morgan fingerprint density at radius 2 is 1.83 bits per heavy atom. The van der Waals surface area contributed by atoms with E-state index >= 15 is 0 Å². The molecule has 5 aromatic rings. The number of aryl methyl sites for hydroxylation is 1. The highest BCUT2D eigenvalue weighted by atomic mass is 15.1. The molecule has 4 heterocycles. The van der Waals surface area contributed by atoms with Crippen LogP contribution >= 0.6 is 0 Å². The summed E-state index contributed by atoms with van der Waals surface area (Å²) < 4.78 is 2.16. The number of hydrogen-bond acceptors (Lipinski definition) is 6. The van der Waals surface area contributed by atoms with Crippen LogP contribution in [0.3, 0.4) is 0 Å². The van der Waals surface area contributed by atoms with Gasteiger partial charge in [-0.25, -0.2) is 0 Å². The molecule has 6 rings (SSSR count). The molecule has 1 aliphatic rings. The van der Waals surface area contributed by atoms with Gasteiger partial charge in [-0.1, -0.05) is 38.6 Å². The van der Waals surface area contributed by atoms with Gasteiger partial charge in [-0.05, 0) is 78.7 Å². The van der Waals surface area contributed by atoms with E-state index in [-0.39, 0.29) is 6.04 Å². The number of likely N-dealkylation sites (tertiary alicyclic amines) is 1. The van der Waals surface area contributed by atoms with Crippen LogP contribution in [0.1, 0.15) is 38.3 Å². The van der Waals surface area contributed by atoms with Crippen LogP contribution in [-0.4, -0.2) is 51.1 Å². The van der Waals surface area contributed by atoms with Crippen LogP contribution in [0.2, 0.25) is 0 Å². The van der Waals surface area contributed by atoms with Crippen LogP contribution in [0, 0.1) is 5.92 Å². The lowest BCUT2D eigenvalue weighted by atomic mass is 9.85. The largest absolute Gasteiger partial charge is 0.391 e. The summed E-state index contributed by atoms with van der Waals surface area (Å²) in [6.45, 7) is 11.1. The predicted octanol–water partition coefficient (Wildman–Crippen LogP) is 6.81. The number of anilines is 1. The fourth-order valence-corrected chi connectivity index (χ4v) is 5.81. The number of nitrogens with zero attached hydrogens (tertiary/aromatic N) is 5. The highest BCUT2D eigenvalue weighted by Gasteiger charge is 2.28. The molecule has 0 aliphatic carbocycles. The van der Waals surface area contributed by atoms with Gasteiger partial charge in [0.2, 0.25) is 0 Å². The van der Waals surface area contributed by atoms with E-state index in [0.29, 0.717) is 5.92 Å². The molecule has 2 N–H and O–H groups in total. The van der Waals surface area contributed by atoms with Crippen LogP contribution in [0.4, 0.5) is 5.69 Å². The molecule has 0 spiro atoms. The topological polar surface area (TPSA) is 70.9 Å². The van der Waals surface area contributed by atoms with Crippen molar-refractivity contribution in [2.45, 2.75) is 32.7 Å². The molecular weight excluding hydrogens is 506 g/mol. The van der Waals surface area contributed by atoms with E-state index in [9.17, 15) is 0 Å². The molecule has 41 heavy (non-hydrogen) atoms. The second-order valence-electron chi connectivity index (χ2n) is 10.5. The highest BCUT2D eigenvalue weighted by molar-refractivity contribution is 5.97. The fraction of sp³-hybridized carbons (Fsp3) is 0.324. The first kappa shape index (κ1) is 28.3. The van der Waals surface area contributed by atoms with Crippen molar-refractivity contribution in [1.82, 2.24) is 29.7 Å². The smallest absolute Gasteiger partial charge is 0.0966 e. The minimum absolute atomic E-state index is 0.144. The molecule has 1 saturated heterocycles. The molecular formula is C34H41N7. The van der Waals surface area contributed by atoms with Crippen LogP contribution in [0.15, 0.2) is 91.8 Å². The second kappa shape index (κ2) is 13.0. The van der Waals surface area contributed by atoms with Crippen LogP contribution in [-0.2, 0) is 7.05 Å². The number of benzene rings is 2. The maximum absolute atomic E-state index is 4.73. The van der Waals surface area contributed by atoms with Gasteiger partial charge in [-0.15, -0.1) is 0 Å². The molecule has 3 aromatic heterocycles. The van der Waals surface area contributed by atoms with Crippen molar-refractivity contribution in [3.8, 4) is 11.1 Å². The van der Waals surface area contributed by atoms with Crippen molar-refractivity contribution in [3.05, 3.63) is 97.4 Å². The molecule has 0 amide bonds. The number of hydrogen-bond donors (Lipinski definition) is 2. The molecule has 1 aliphatic heterocycles. The summed E-state index contributed by atoms with van der Waals surface area (Å²) in [4.78, 5) is 16.4. The van der Waals surface area contributed by atoms with E-state index in [1.54, 1.807) is 12.4 Å². The van der Waals surface area contributed by atoms with Crippen molar-refractivity contribution in [3.63, 3.8) is 0 Å². The average molecular weight is 548 g/mol. The first-order valence-electron chi connectivity index (χ1n) is 14.6. The lowest BCUT2D eigenvalue weighted by molar-refractivity contribution is 0.183. The number of nitrogens with one attached hydrogen (secondary N) is 2. The Balaban J connectivity index is 0.00000165. The molecule has 1 fully saturated rings. The number of piperidine rings is 1. The normalized spacial score (nSPS) is 14.8. The summed E-state index contributed by atoms with van der Waals surface area (Å²) in [5, 5.41) is 8.33. The summed E-state index contributed by atoms with van der Waals surface area (Å²) in [6, 6.07) is 17.5. The maximum atomic E-state index is 4.73. The Labute approximate surface area is 243 Å². The van der Waals surface area contributed by atoms with Crippen molar-refractivity contribution in [2.75, 3.05) is 32.0 Å². The van der Waals surface area contributed by atoms with Crippen molar-refractivity contribution >= 4 is 27.6 Å². The summed E-state index contributed by atoms with van der Waals surface area (Å²) in [7, 11) is 4.03. The molecule has 0 saturated carbocycles. The third-order valence-electron chi connectivity index (χ3n) is 8.01. The molecule has 1 atom stereocenters. The van der Waals surface area contributed by atoms with E-state index in [0.717, 1.165) is 66.0 Å². The number of pyridine rings is 1. The second-order valence-corrected chi connectivity index (χ2v) is 10.5. The standard InChI is InChI=1S/C32H35N7.C2H6/c1-22(33-2)21-39-15-9-24(10-16-39)31(26-5-4-11-34-20-26)37-27-18-28(32-29(19-27)35-12-13-36-32)25-7-6-23-8-14-38(3)30(23)17-25;1-2/h4-8,11-14,17-20,24,31,33,37H,1,9-10,15-16,21H2,2-3H3;1-2H3. The van der Waals surface area contributed by atoms with Gasteiger partial charge in [0.15, 0.2) is 0 Å². The van der Waals surface area contributed by atoms with Crippen molar-refractivity contribution in [2.24, 2.45) is 13.0 Å². The van der Waals surface area contributed by atoms with Gasteiger partial charge in [0.25, 0.3) is 0 Å². The van der Waals surface area contributed by atoms with Crippen LogP contribution in [0.25, 0.3) is 33.1 Å². The van der Waals surface area contributed by atoms with E-state index in [1.807, 2.05) is 39.4 Å². The Morgan fingerprint density at radius 1 is 1.02 bits per heavy atom. The maximum Gasteiger partial charge on any atom is 0.0966 e. The molecule has 1 unspecified atom stereocenters. The van der Waals surface area contributed by atoms with Gasteiger partial charge >= 0.3 is 0 Å². The highest BCUT2D eigenvalue weighted by Crippen LogP contribution is 2.37. The average Bonchev–Trinajstić information content (AvgIpc) is 3.41. The summed E-state index contributed by atoms with van der Waals surface area (Å²) in [5.41, 5.74) is 8.53. The number of fused-ring (bicyclic) bond motifs is 2. The quantitative estimate of drug-likeness (QED) is 0.222. The Hall–Kier alpha value is -4.23. The monoisotopic (exact) mass is 547 g/mol.